The number of aryl methyl sites for hydroxylation is 2. The van der Waals surface area contributed by atoms with Crippen molar-refractivity contribution in [3.63, 3.8) is 0 Å². The minimum absolute atomic E-state index is 0.119. The first kappa shape index (κ1) is 23.8. The second-order valence-corrected chi connectivity index (χ2v) is 10.3. The van der Waals surface area contributed by atoms with Gasteiger partial charge in [0, 0.05) is 26.2 Å². The number of ether oxygens (including phenoxy) is 1. The molecule has 1 amide bonds. The van der Waals surface area contributed by atoms with E-state index in [1.54, 1.807) is 41.3 Å². The molecule has 0 N–H and O–H groups in total. The highest BCUT2D eigenvalue weighted by atomic mass is 32.2. The molecule has 0 radical (unpaired) electrons. The first-order valence-electron chi connectivity index (χ1n) is 10.7. The summed E-state index contributed by atoms with van der Waals surface area (Å²) in [6, 6.07) is 14.0. The predicted molar refractivity (Wildman–Crippen MR) is 122 cm³/mol. The Morgan fingerprint density at radius 1 is 1.03 bits per heavy atom. The summed E-state index contributed by atoms with van der Waals surface area (Å²) in [7, 11) is -3.62. The Morgan fingerprint density at radius 3 is 2.28 bits per heavy atom. The van der Waals surface area contributed by atoms with E-state index in [0.29, 0.717) is 11.3 Å². The van der Waals surface area contributed by atoms with Gasteiger partial charge in [-0.05, 0) is 55.2 Å². The van der Waals surface area contributed by atoms with Gasteiger partial charge in [0.1, 0.15) is 11.8 Å². The topological polar surface area (TPSA) is 90.7 Å². The monoisotopic (exact) mass is 455 g/mol. The van der Waals surface area contributed by atoms with Crippen molar-refractivity contribution in [2.45, 2.75) is 38.7 Å². The zero-order chi connectivity index (χ0) is 23.5. The standard InChI is InChI=1S/C24H29N3O4S/c1-17(2)23(31-22-8-6-5-7-20(22)16-25)24(28)26-11-13-27(14-12-26)32(29,30)21-10-9-18(3)19(4)15-21/h5-10,15,17,23H,11-14H2,1-4H3. The smallest absolute Gasteiger partial charge is 0.264 e. The fourth-order valence-electron chi connectivity index (χ4n) is 3.62. The summed E-state index contributed by atoms with van der Waals surface area (Å²) in [6.45, 7) is 8.63. The molecule has 170 valence electrons. The number of para-hydroxylation sites is 1. The van der Waals surface area contributed by atoms with Crippen LogP contribution in [0.1, 0.15) is 30.5 Å². The number of rotatable bonds is 6. The maximum Gasteiger partial charge on any atom is 0.264 e. The van der Waals surface area contributed by atoms with Crippen LogP contribution in [0.15, 0.2) is 47.4 Å². The van der Waals surface area contributed by atoms with Crippen LogP contribution in [0.5, 0.6) is 5.75 Å². The summed E-state index contributed by atoms with van der Waals surface area (Å²) in [5.74, 6) is 0.0560. The largest absolute Gasteiger partial charge is 0.479 e. The van der Waals surface area contributed by atoms with E-state index >= 15 is 0 Å². The molecule has 0 bridgehead atoms. The van der Waals surface area contributed by atoms with Crippen molar-refractivity contribution in [2.24, 2.45) is 5.92 Å². The van der Waals surface area contributed by atoms with Crippen LogP contribution in [0.4, 0.5) is 0 Å². The summed E-state index contributed by atoms with van der Waals surface area (Å²) < 4.78 is 33.5. The molecule has 1 aliphatic heterocycles. The second kappa shape index (κ2) is 9.72. The Kier molecular flexibility index (Phi) is 7.22. The number of amides is 1. The van der Waals surface area contributed by atoms with Crippen molar-refractivity contribution in [3.8, 4) is 11.8 Å². The van der Waals surface area contributed by atoms with Gasteiger partial charge in [-0.3, -0.25) is 4.79 Å². The Balaban J connectivity index is 1.70. The Labute approximate surface area is 190 Å². The van der Waals surface area contributed by atoms with E-state index in [4.69, 9.17) is 4.74 Å². The van der Waals surface area contributed by atoms with Crippen LogP contribution in [-0.2, 0) is 14.8 Å². The molecule has 0 saturated carbocycles. The van der Waals surface area contributed by atoms with Crippen LogP contribution in [0.25, 0.3) is 0 Å². The van der Waals surface area contributed by atoms with E-state index in [0.717, 1.165) is 11.1 Å². The molecule has 1 heterocycles. The molecule has 3 rings (SSSR count). The third-order valence-corrected chi connectivity index (χ3v) is 7.67. The number of sulfonamides is 1. The fraction of sp³-hybridized carbons (Fsp3) is 0.417. The lowest BCUT2D eigenvalue weighted by Crippen LogP contribution is -2.54. The number of benzene rings is 2. The van der Waals surface area contributed by atoms with Gasteiger partial charge in [0.05, 0.1) is 10.5 Å². The van der Waals surface area contributed by atoms with E-state index in [2.05, 4.69) is 6.07 Å². The van der Waals surface area contributed by atoms with Gasteiger partial charge in [-0.1, -0.05) is 32.0 Å². The summed E-state index contributed by atoms with van der Waals surface area (Å²) in [5.41, 5.74) is 2.33. The lowest BCUT2D eigenvalue weighted by molar-refractivity contribution is -0.141. The Bertz CT molecular complexity index is 1130. The molecule has 8 heteroatoms. The molecule has 2 aromatic rings. The Hall–Kier alpha value is -2.89. The molecule has 0 spiro atoms. The number of carbonyl (C=O) groups excluding carboxylic acids is 1. The van der Waals surface area contributed by atoms with Gasteiger partial charge in [-0.2, -0.15) is 9.57 Å². The van der Waals surface area contributed by atoms with Crippen LogP contribution in [-0.4, -0.2) is 55.8 Å². The van der Waals surface area contributed by atoms with Gasteiger partial charge in [0.25, 0.3) is 5.91 Å². The zero-order valence-corrected chi connectivity index (χ0v) is 19.7. The van der Waals surface area contributed by atoms with Crippen molar-refractivity contribution in [1.82, 2.24) is 9.21 Å². The van der Waals surface area contributed by atoms with Gasteiger partial charge in [-0.15, -0.1) is 0 Å². The maximum atomic E-state index is 13.2. The summed E-state index contributed by atoms with van der Waals surface area (Å²) in [5, 5.41) is 9.30. The fourth-order valence-corrected chi connectivity index (χ4v) is 5.13. The van der Waals surface area contributed by atoms with E-state index in [1.165, 1.54) is 4.31 Å². The maximum absolute atomic E-state index is 13.2. The molecule has 1 atom stereocenters. The molecule has 1 fully saturated rings. The van der Waals surface area contributed by atoms with Crippen LogP contribution in [0.2, 0.25) is 0 Å². The minimum Gasteiger partial charge on any atom is -0.479 e. The lowest BCUT2D eigenvalue weighted by atomic mass is 10.1. The predicted octanol–water partition coefficient (Wildman–Crippen LogP) is 3.11. The number of hydrogen-bond donors (Lipinski definition) is 0. The number of hydrogen-bond acceptors (Lipinski definition) is 5. The second-order valence-electron chi connectivity index (χ2n) is 8.37. The molecular weight excluding hydrogens is 426 g/mol. The number of carbonyl (C=O) groups is 1. The highest BCUT2D eigenvalue weighted by molar-refractivity contribution is 7.89. The number of nitriles is 1. The molecule has 1 aliphatic rings. The minimum atomic E-state index is -3.62. The third kappa shape index (κ3) is 4.95. The molecule has 1 saturated heterocycles. The first-order chi connectivity index (χ1) is 15.1. The van der Waals surface area contributed by atoms with E-state index in [1.807, 2.05) is 33.8 Å². The van der Waals surface area contributed by atoms with Crippen LogP contribution in [0.3, 0.4) is 0 Å². The molecular formula is C24H29N3O4S. The average molecular weight is 456 g/mol. The lowest BCUT2D eigenvalue weighted by Gasteiger charge is -2.36. The van der Waals surface area contributed by atoms with E-state index < -0.39 is 16.1 Å². The SMILES string of the molecule is Cc1ccc(S(=O)(=O)N2CCN(C(=O)C(Oc3ccccc3C#N)C(C)C)CC2)cc1C. The molecule has 1 unspecified atom stereocenters. The molecule has 0 aliphatic carbocycles. The summed E-state index contributed by atoms with van der Waals surface area (Å²) >= 11 is 0. The van der Waals surface area contributed by atoms with E-state index in [9.17, 15) is 18.5 Å². The summed E-state index contributed by atoms with van der Waals surface area (Å²) in [6.07, 6.45) is -0.757. The highest BCUT2D eigenvalue weighted by Crippen LogP contribution is 2.24. The summed E-state index contributed by atoms with van der Waals surface area (Å²) in [4.78, 5) is 15.1. The molecule has 32 heavy (non-hydrogen) atoms. The van der Waals surface area contributed by atoms with Crippen LogP contribution in [0, 0.1) is 31.1 Å². The van der Waals surface area contributed by atoms with Crippen molar-refractivity contribution in [2.75, 3.05) is 26.2 Å². The quantitative estimate of drug-likeness (QED) is 0.668. The van der Waals surface area contributed by atoms with Gasteiger partial charge in [0.2, 0.25) is 10.0 Å². The highest BCUT2D eigenvalue weighted by Gasteiger charge is 2.35. The number of nitrogens with zero attached hydrogens (tertiary/aromatic N) is 3. The Morgan fingerprint density at radius 2 is 1.69 bits per heavy atom. The van der Waals surface area contributed by atoms with Gasteiger partial charge < -0.3 is 9.64 Å². The number of piperazine rings is 1. The first-order valence-corrected chi connectivity index (χ1v) is 12.1. The van der Waals surface area contributed by atoms with Crippen molar-refractivity contribution < 1.29 is 17.9 Å². The van der Waals surface area contributed by atoms with Crippen molar-refractivity contribution in [1.29, 1.82) is 5.26 Å². The van der Waals surface area contributed by atoms with E-state index in [-0.39, 0.29) is 42.9 Å². The molecule has 0 aromatic heterocycles. The van der Waals surface area contributed by atoms with Gasteiger partial charge in [-0.25, -0.2) is 8.42 Å². The average Bonchev–Trinajstić information content (AvgIpc) is 2.78. The van der Waals surface area contributed by atoms with Crippen LogP contribution < -0.4 is 4.74 Å². The van der Waals surface area contributed by atoms with Gasteiger partial charge >= 0.3 is 0 Å². The normalized spacial score (nSPS) is 15.9. The third-order valence-electron chi connectivity index (χ3n) is 5.78. The van der Waals surface area contributed by atoms with Crippen molar-refractivity contribution in [3.05, 3.63) is 59.2 Å². The van der Waals surface area contributed by atoms with Crippen LogP contribution >= 0.6 is 0 Å². The zero-order valence-electron chi connectivity index (χ0n) is 18.9. The molecule has 7 nitrogen and oxygen atoms in total. The van der Waals surface area contributed by atoms with Crippen molar-refractivity contribution >= 4 is 15.9 Å². The van der Waals surface area contributed by atoms with Gasteiger partial charge in [0.15, 0.2) is 6.10 Å². The molecule has 2 aromatic carbocycles.